The Morgan fingerprint density at radius 2 is 1.66 bits per heavy atom. The van der Waals surface area contributed by atoms with E-state index in [0.29, 0.717) is 53.6 Å². The number of fused-ring (bicyclic) bond motifs is 3. The van der Waals surface area contributed by atoms with Crippen molar-refractivity contribution in [2.75, 3.05) is 36.1 Å². The van der Waals surface area contributed by atoms with Gasteiger partial charge in [-0.2, -0.15) is 0 Å². The zero-order valence-corrected chi connectivity index (χ0v) is 22.7. The fraction of sp³-hybridized carbons (Fsp3) is 0.375. The van der Waals surface area contributed by atoms with Crippen molar-refractivity contribution in [3.05, 3.63) is 82.4 Å². The summed E-state index contributed by atoms with van der Waals surface area (Å²) in [4.78, 5) is 57.9. The number of carbonyl (C=O) groups is 4. The molecule has 5 aliphatic rings. The second-order valence-corrected chi connectivity index (χ2v) is 11.3. The Hall–Kier alpha value is -4.08. The van der Waals surface area contributed by atoms with Gasteiger partial charge in [-0.15, -0.1) is 0 Å². The molecular formula is C32H30N2O7. The lowest BCUT2D eigenvalue weighted by Gasteiger charge is -2.41. The molecule has 1 aromatic carbocycles. The van der Waals surface area contributed by atoms with Gasteiger partial charge in [0.05, 0.1) is 36.7 Å². The highest BCUT2D eigenvalue weighted by atomic mass is 16.5. The third-order valence-electron chi connectivity index (χ3n) is 9.17. The molecule has 7 rings (SSSR count). The van der Waals surface area contributed by atoms with Crippen molar-refractivity contribution in [3.8, 4) is 0 Å². The fourth-order valence-electron chi connectivity index (χ4n) is 7.21. The Kier molecular flexibility index (Phi) is 6.17. The monoisotopic (exact) mass is 554 g/mol. The number of aliphatic hydroxyl groups is 1. The topological polar surface area (TPSA) is 117 Å². The lowest BCUT2D eigenvalue weighted by molar-refractivity contribution is -0.123. The van der Waals surface area contributed by atoms with E-state index in [9.17, 15) is 24.3 Å². The van der Waals surface area contributed by atoms with Crippen LogP contribution in [0, 0.1) is 17.8 Å². The molecule has 2 amide bonds. The van der Waals surface area contributed by atoms with Crippen LogP contribution in [-0.2, 0) is 30.5 Å². The number of Topliss-reactive ketones (excluding diaryl/α,β-unsaturated/α-hetero) is 1. The van der Waals surface area contributed by atoms with Crippen LogP contribution in [0.15, 0.2) is 75.3 Å². The van der Waals surface area contributed by atoms with Gasteiger partial charge < -0.3 is 19.2 Å². The van der Waals surface area contributed by atoms with E-state index in [1.165, 1.54) is 11.0 Å². The second kappa shape index (κ2) is 9.78. The van der Waals surface area contributed by atoms with Crippen LogP contribution in [0.2, 0.25) is 0 Å². The first-order valence-corrected chi connectivity index (χ1v) is 14.1. The van der Waals surface area contributed by atoms with Crippen molar-refractivity contribution in [1.29, 1.82) is 0 Å². The number of aliphatic hydroxyl groups excluding tert-OH is 1. The molecule has 0 bridgehead atoms. The molecule has 2 aliphatic heterocycles. The first kappa shape index (κ1) is 25.9. The maximum atomic E-state index is 14.1. The number of hydrogen-bond donors (Lipinski definition) is 1. The number of hydrogen-bond acceptors (Lipinski definition) is 8. The maximum absolute atomic E-state index is 14.1. The predicted molar refractivity (Wildman–Crippen MR) is 148 cm³/mol. The SMILES string of the molecule is CC1=CC(=O)C2=C(C1=O)[C@@H](c1ccc(CO)o1)C1=CC[C@@H]3C(=O)N(c4ccc(N5CCOCC5)cc4)C(=O)[C@@H]3[C@@H]1C2. The Bertz CT molecular complexity index is 1570. The lowest BCUT2D eigenvalue weighted by Crippen LogP contribution is -2.39. The fourth-order valence-corrected chi connectivity index (χ4v) is 7.21. The van der Waals surface area contributed by atoms with Gasteiger partial charge >= 0.3 is 0 Å². The number of anilines is 2. The molecule has 41 heavy (non-hydrogen) atoms. The summed E-state index contributed by atoms with van der Waals surface area (Å²) >= 11 is 0. The normalized spacial score (nSPS) is 28.0. The molecule has 9 nitrogen and oxygen atoms in total. The van der Waals surface area contributed by atoms with E-state index >= 15 is 0 Å². The minimum absolute atomic E-state index is 0.212. The number of benzene rings is 1. The number of imide groups is 1. The van der Waals surface area contributed by atoms with Crippen molar-refractivity contribution < 1.29 is 33.4 Å². The zero-order valence-electron chi connectivity index (χ0n) is 22.7. The van der Waals surface area contributed by atoms with Gasteiger partial charge in [0.2, 0.25) is 11.8 Å². The van der Waals surface area contributed by atoms with Gasteiger partial charge in [0, 0.05) is 35.5 Å². The Morgan fingerprint density at radius 1 is 0.927 bits per heavy atom. The number of ether oxygens (including phenoxy) is 1. The number of carbonyl (C=O) groups excluding carboxylic acids is 4. The van der Waals surface area contributed by atoms with Crippen LogP contribution in [-0.4, -0.2) is 54.8 Å². The first-order valence-electron chi connectivity index (χ1n) is 14.1. The minimum Gasteiger partial charge on any atom is -0.463 e. The number of allylic oxidation sites excluding steroid dienone is 6. The average Bonchev–Trinajstić information content (AvgIpc) is 3.57. The quantitative estimate of drug-likeness (QED) is 0.348. The van der Waals surface area contributed by atoms with Crippen LogP contribution < -0.4 is 9.80 Å². The van der Waals surface area contributed by atoms with Crippen LogP contribution in [0.3, 0.4) is 0 Å². The van der Waals surface area contributed by atoms with Gasteiger partial charge in [0.25, 0.3) is 0 Å². The zero-order chi connectivity index (χ0) is 28.4. The standard InChI is InChI=1S/C32H30N2O7/c1-17-14-25(36)24-15-23-21(28(29(24)30(17)37)26-9-6-20(16-35)41-26)7-8-22-27(23)32(39)34(31(22)38)19-4-2-18(3-5-19)33-10-12-40-13-11-33/h2-7,9,14,22-23,27-28,35H,8,10-13,15-16H2,1H3/t22-,23+,27-,28+/m0/s1. The summed E-state index contributed by atoms with van der Waals surface area (Å²) in [5.74, 6) is -2.49. The summed E-state index contributed by atoms with van der Waals surface area (Å²) in [5.41, 5.74) is 3.48. The third kappa shape index (κ3) is 3.98. The van der Waals surface area contributed by atoms with Crippen molar-refractivity contribution in [1.82, 2.24) is 0 Å². The molecule has 9 heteroatoms. The highest BCUT2D eigenvalue weighted by Crippen LogP contribution is 2.55. The molecule has 2 aromatic rings. The van der Waals surface area contributed by atoms with E-state index < -0.39 is 23.7 Å². The van der Waals surface area contributed by atoms with Crippen molar-refractivity contribution in [3.63, 3.8) is 0 Å². The number of morpholine rings is 1. The van der Waals surface area contributed by atoms with Crippen molar-refractivity contribution in [2.24, 2.45) is 17.8 Å². The van der Waals surface area contributed by atoms with Gasteiger partial charge in [-0.1, -0.05) is 11.6 Å². The van der Waals surface area contributed by atoms with E-state index in [1.54, 1.807) is 19.1 Å². The number of amides is 2. The molecule has 0 saturated carbocycles. The predicted octanol–water partition coefficient (Wildman–Crippen LogP) is 3.24. The largest absolute Gasteiger partial charge is 0.463 e. The summed E-state index contributed by atoms with van der Waals surface area (Å²) in [6.07, 6.45) is 3.89. The summed E-state index contributed by atoms with van der Waals surface area (Å²) in [5, 5.41) is 9.62. The van der Waals surface area contributed by atoms with E-state index in [2.05, 4.69) is 4.90 Å². The summed E-state index contributed by atoms with van der Waals surface area (Å²) < 4.78 is 11.4. The van der Waals surface area contributed by atoms with Crippen LogP contribution in [0.5, 0.6) is 0 Å². The highest BCUT2D eigenvalue weighted by molar-refractivity contribution is 6.25. The second-order valence-electron chi connectivity index (χ2n) is 11.3. The maximum Gasteiger partial charge on any atom is 0.238 e. The number of nitrogens with zero attached hydrogens (tertiary/aromatic N) is 2. The minimum atomic E-state index is -0.658. The molecule has 3 aliphatic carbocycles. The molecule has 0 spiro atoms. The first-order chi connectivity index (χ1) is 19.9. The van der Waals surface area contributed by atoms with E-state index in [-0.39, 0.29) is 36.4 Å². The third-order valence-corrected chi connectivity index (χ3v) is 9.17. The number of rotatable bonds is 4. The Balaban J connectivity index is 1.25. The summed E-state index contributed by atoms with van der Waals surface area (Å²) in [6, 6.07) is 10.8. The summed E-state index contributed by atoms with van der Waals surface area (Å²) in [7, 11) is 0. The van der Waals surface area contributed by atoms with Gasteiger partial charge in [-0.3, -0.25) is 24.1 Å². The van der Waals surface area contributed by atoms with Crippen LogP contribution in [0.4, 0.5) is 11.4 Å². The summed E-state index contributed by atoms with van der Waals surface area (Å²) in [6.45, 7) is 4.21. The Labute approximate surface area is 236 Å². The molecule has 1 N–H and O–H groups in total. The lowest BCUT2D eigenvalue weighted by atomic mass is 9.60. The van der Waals surface area contributed by atoms with Gasteiger partial charge in [0.1, 0.15) is 18.1 Å². The van der Waals surface area contributed by atoms with E-state index in [4.69, 9.17) is 9.15 Å². The van der Waals surface area contributed by atoms with Crippen LogP contribution in [0.25, 0.3) is 0 Å². The molecule has 0 unspecified atom stereocenters. The van der Waals surface area contributed by atoms with Gasteiger partial charge in [-0.05, 0) is 68.2 Å². The molecule has 3 heterocycles. The molecule has 1 aromatic heterocycles. The van der Waals surface area contributed by atoms with Crippen molar-refractivity contribution >= 4 is 34.8 Å². The Morgan fingerprint density at radius 3 is 2.37 bits per heavy atom. The average molecular weight is 555 g/mol. The highest BCUT2D eigenvalue weighted by Gasteiger charge is 2.57. The number of ketones is 2. The molecular weight excluding hydrogens is 524 g/mol. The molecule has 210 valence electrons. The molecule has 2 fully saturated rings. The van der Waals surface area contributed by atoms with Crippen LogP contribution in [0.1, 0.15) is 37.2 Å². The molecule has 0 radical (unpaired) electrons. The van der Waals surface area contributed by atoms with Crippen LogP contribution >= 0.6 is 0 Å². The van der Waals surface area contributed by atoms with E-state index in [0.717, 1.165) is 24.4 Å². The smallest absolute Gasteiger partial charge is 0.238 e. The van der Waals surface area contributed by atoms with E-state index in [1.807, 2.05) is 30.3 Å². The number of furan rings is 1. The molecule has 2 saturated heterocycles. The van der Waals surface area contributed by atoms with Crippen molar-refractivity contribution in [2.45, 2.75) is 32.3 Å². The van der Waals surface area contributed by atoms with Gasteiger partial charge in [0.15, 0.2) is 11.6 Å². The molecule has 4 atom stereocenters. The van der Waals surface area contributed by atoms with Gasteiger partial charge in [-0.25, -0.2) is 0 Å².